The van der Waals surface area contributed by atoms with E-state index in [1.165, 1.54) is 0 Å². The van der Waals surface area contributed by atoms with Crippen molar-refractivity contribution in [3.05, 3.63) is 29.8 Å². The average Bonchev–Trinajstić information content (AvgIpc) is 2.70. The van der Waals surface area contributed by atoms with E-state index in [4.69, 9.17) is 10.5 Å². The zero-order valence-corrected chi connectivity index (χ0v) is 16.2. The number of rotatable bonds is 7. The third kappa shape index (κ3) is 5.21. The summed E-state index contributed by atoms with van der Waals surface area (Å²) in [6.07, 6.45) is 1.98. The largest absolute Gasteiger partial charge is 0.497 e. The normalized spacial score (nSPS) is 17.1. The molecule has 0 bridgehead atoms. The number of benzene rings is 1. The molecule has 1 aliphatic rings. The number of nitrogens with one attached hydrogen (secondary N) is 1. The van der Waals surface area contributed by atoms with E-state index in [2.05, 4.69) is 5.32 Å². The van der Waals surface area contributed by atoms with Crippen molar-refractivity contribution in [1.82, 2.24) is 10.2 Å². The minimum atomic E-state index is -0.696. The van der Waals surface area contributed by atoms with Crippen molar-refractivity contribution in [2.24, 2.45) is 17.6 Å². The monoisotopic (exact) mass is 375 g/mol. The highest BCUT2D eigenvalue weighted by molar-refractivity contribution is 5.98. The van der Waals surface area contributed by atoms with Gasteiger partial charge in [0.15, 0.2) is 5.78 Å². The van der Waals surface area contributed by atoms with Crippen LogP contribution >= 0.6 is 0 Å². The molecule has 1 aromatic rings. The highest BCUT2D eigenvalue weighted by Crippen LogP contribution is 2.24. The molecule has 3 amide bonds. The Hall–Kier alpha value is -2.57. The van der Waals surface area contributed by atoms with Crippen LogP contribution in [-0.2, 0) is 4.79 Å². The van der Waals surface area contributed by atoms with Crippen LogP contribution < -0.4 is 15.8 Å². The standard InChI is InChI=1S/C20H29N3O4/c1-4-13(2)17(22-20(21)26)19(25)23-11-9-15(10-12-23)18(24)14-5-7-16(27-3)8-6-14/h5-8,13,15,17H,4,9-12H2,1-3H3,(H3,21,22,26)/t13-,17+/m1/s1. The maximum atomic E-state index is 12.8. The minimum absolute atomic E-state index is 0.0105. The zero-order chi connectivity index (χ0) is 20.0. The number of likely N-dealkylation sites (tertiary alicyclic amines) is 1. The second kappa shape index (κ2) is 9.39. The Morgan fingerprint density at radius 2 is 1.81 bits per heavy atom. The molecule has 0 aromatic heterocycles. The molecule has 0 spiro atoms. The summed E-state index contributed by atoms with van der Waals surface area (Å²) in [5.74, 6) is 0.569. The topological polar surface area (TPSA) is 102 Å². The molecule has 1 aliphatic heterocycles. The third-order valence-electron chi connectivity index (χ3n) is 5.33. The fraction of sp³-hybridized carbons (Fsp3) is 0.550. The molecule has 1 fully saturated rings. The number of piperidine rings is 1. The Kier molecular flexibility index (Phi) is 7.21. The van der Waals surface area contributed by atoms with Gasteiger partial charge in [0.2, 0.25) is 5.91 Å². The molecule has 1 aromatic carbocycles. The summed E-state index contributed by atoms with van der Waals surface area (Å²) in [4.78, 5) is 38.5. The van der Waals surface area contributed by atoms with Crippen LogP contribution in [0.4, 0.5) is 4.79 Å². The zero-order valence-electron chi connectivity index (χ0n) is 16.2. The maximum absolute atomic E-state index is 12.8. The van der Waals surface area contributed by atoms with Crippen molar-refractivity contribution in [3.63, 3.8) is 0 Å². The summed E-state index contributed by atoms with van der Waals surface area (Å²) in [5, 5.41) is 2.57. The lowest BCUT2D eigenvalue weighted by Gasteiger charge is -2.35. The molecule has 3 N–H and O–H groups in total. The quantitative estimate of drug-likeness (QED) is 0.713. The predicted molar refractivity (Wildman–Crippen MR) is 103 cm³/mol. The molecule has 27 heavy (non-hydrogen) atoms. The number of primary amides is 1. The number of carbonyl (C=O) groups excluding carboxylic acids is 3. The number of ether oxygens (including phenoxy) is 1. The first-order chi connectivity index (χ1) is 12.9. The lowest BCUT2D eigenvalue weighted by molar-refractivity contribution is -0.135. The van der Waals surface area contributed by atoms with Crippen LogP contribution in [0.15, 0.2) is 24.3 Å². The highest BCUT2D eigenvalue weighted by atomic mass is 16.5. The molecule has 0 radical (unpaired) electrons. The van der Waals surface area contributed by atoms with Crippen molar-refractivity contribution in [2.75, 3.05) is 20.2 Å². The third-order valence-corrected chi connectivity index (χ3v) is 5.33. The maximum Gasteiger partial charge on any atom is 0.312 e. The molecule has 148 valence electrons. The van der Waals surface area contributed by atoms with Crippen molar-refractivity contribution < 1.29 is 19.1 Å². The van der Waals surface area contributed by atoms with Gasteiger partial charge in [0, 0.05) is 24.6 Å². The number of amides is 3. The molecule has 1 saturated heterocycles. The smallest absolute Gasteiger partial charge is 0.312 e. The Bertz CT molecular complexity index is 666. The van der Waals surface area contributed by atoms with Crippen molar-refractivity contribution in [2.45, 2.75) is 39.2 Å². The van der Waals surface area contributed by atoms with Crippen LogP contribution in [0.5, 0.6) is 5.75 Å². The fourth-order valence-corrected chi connectivity index (χ4v) is 3.39. The molecule has 7 heteroatoms. The molecule has 1 heterocycles. The van der Waals surface area contributed by atoms with Crippen LogP contribution in [0.3, 0.4) is 0 Å². The summed E-state index contributed by atoms with van der Waals surface area (Å²) in [5.41, 5.74) is 5.89. The first-order valence-corrected chi connectivity index (χ1v) is 9.40. The van der Waals surface area contributed by atoms with Gasteiger partial charge in [-0.25, -0.2) is 4.79 Å². The van der Waals surface area contributed by atoms with E-state index in [1.807, 2.05) is 13.8 Å². The van der Waals surface area contributed by atoms with Crippen molar-refractivity contribution in [1.29, 1.82) is 0 Å². The summed E-state index contributed by atoms with van der Waals surface area (Å²) < 4.78 is 5.12. The number of urea groups is 1. The van der Waals surface area contributed by atoms with Gasteiger partial charge in [0.25, 0.3) is 0 Å². The SMILES string of the molecule is CC[C@@H](C)[C@H](NC(N)=O)C(=O)N1CCC(C(=O)c2ccc(OC)cc2)CC1. The van der Waals surface area contributed by atoms with Gasteiger partial charge in [0.05, 0.1) is 7.11 Å². The number of hydrogen-bond donors (Lipinski definition) is 2. The summed E-state index contributed by atoms with van der Waals surface area (Å²) >= 11 is 0. The molecule has 0 aliphatic carbocycles. The number of nitrogens with two attached hydrogens (primary N) is 1. The van der Waals surface area contributed by atoms with Crippen LogP contribution in [0.1, 0.15) is 43.5 Å². The second-order valence-electron chi connectivity index (χ2n) is 7.06. The molecule has 2 atom stereocenters. The molecule has 7 nitrogen and oxygen atoms in total. The first kappa shape index (κ1) is 20.7. The molecule has 0 saturated carbocycles. The summed E-state index contributed by atoms with van der Waals surface area (Å²) in [6, 6.07) is 5.78. The lowest BCUT2D eigenvalue weighted by Crippen LogP contribution is -2.54. The highest BCUT2D eigenvalue weighted by Gasteiger charge is 2.33. The second-order valence-corrected chi connectivity index (χ2v) is 7.06. The van der Waals surface area contributed by atoms with Crippen LogP contribution in [0.25, 0.3) is 0 Å². The van der Waals surface area contributed by atoms with E-state index >= 15 is 0 Å². The number of Topliss-reactive ketones (excluding diaryl/α,β-unsaturated/α-hetero) is 1. The van der Waals surface area contributed by atoms with Gasteiger partial charge >= 0.3 is 6.03 Å². The van der Waals surface area contributed by atoms with Gasteiger partial charge in [-0.2, -0.15) is 0 Å². The molecular formula is C20H29N3O4. The molecular weight excluding hydrogens is 346 g/mol. The van der Waals surface area contributed by atoms with Gasteiger partial charge in [-0.05, 0) is 43.0 Å². The number of carbonyl (C=O) groups is 3. The summed E-state index contributed by atoms with van der Waals surface area (Å²) in [6.45, 7) is 4.88. The van der Waals surface area contributed by atoms with Crippen LogP contribution in [-0.4, -0.2) is 48.9 Å². The van der Waals surface area contributed by atoms with Crippen molar-refractivity contribution in [3.8, 4) is 5.75 Å². The Morgan fingerprint density at radius 1 is 1.22 bits per heavy atom. The van der Waals surface area contributed by atoms with Crippen molar-refractivity contribution >= 4 is 17.7 Å². The average molecular weight is 375 g/mol. The predicted octanol–water partition coefficient (Wildman–Crippen LogP) is 2.20. The Balaban J connectivity index is 1.97. The molecule has 2 rings (SSSR count). The van der Waals surface area contributed by atoms with Crippen LogP contribution in [0.2, 0.25) is 0 Å². The van der Waals surface area contributed by atoms with Gasteiger partial charge < -0.3 is 20.7 Å². The van der Waals surface area contributed by atoms with Gasteiger partial charge in [-0.3, -0.25) is 9.59 Å². The van der Waals surface area contributed by atoms with Gasteiger partial charge in [-0.15, -0.1) is 0 Å². The van der Waals surface area contributed by atoms with E-state index < -0.39 is 12.1 Å². The minimum Gasteiger partial charge on any atom is -0.497 e. The number of hydrogen-bond acceptors (Lipinski definition) is 4. The number of nitrogens with zero attached hydrogens (tertiary/aromatic N) is 1. The summed E-state index contributed by atoms with van der Waals surface area (Å²) in [7, 11) is 1.59. The van der Waals surface area contributed by atoms with Gasteiger partial charge in [0.1, 0.15) is 11.8 Å². The van der Waals surface area contributed by atoms with E-state index in [1.54, 1.807) is 36.3 Å². The number of methoxy groups -OCH3 is 1. The number of ketones is 1. The lowest BCUT2D eigenvalue weighted by atomic mass is 9.88. The van der Waals surface area contributed by atoms with E-state index in [0.717, 1.165) is 6.42 Å². The Morgan fingerprint density at radius 3 is 2.30 bits per heavy atom. The molecule has 0 unspecified atom stereocenters. The van der Waals surface area contributed by atoms with Crippen LogP contribution in [0, 0.1) is 11.8 Å². The van der Waals surface area contributed by atoms with E-state index in [0.29, 0.717) is 37.2 Å². The van der Waals surface area contributed by atoms with E-state index in [-0.39, 0.29) is 23.5 Å². The fourth-order valence-electron chi connectivity index (χ4n) is 3.39. The van der Waals surface area contributed by atoms with E-state index in [9.17, 15) is 14.4 Å². The first-order valence-electron chi connectivity index (χ1n) is 9.40. The van der Waals surface area contributed by atoms with Gasteiger partial charge in [-0.1, -0.05) is 20.3 Å². The Labute approximate surface area is 160 Å².